The number of para-hydroxylation sites is 1. The van der Waals surface area contributed by atoms with Crippen LogP contribution in [0.15, 0.2) is 60.6 Å². The largest absolute Gasteiger partial charge is 0.462 e. The molecule has 0 unspecified atom stereocenters. The Labute approximate surface area is 184 Å². The maximum atomic E-state index is 13.1. The van der Waals surface area contributed by atoms with Gasteiger partial charge in [0.1, 0.15) is 12.0 Å². The smallest absolute Gasteiger partial charge is 0.261 e. The van der Waals surface area contributed by atoms with Gasteiger partial charge in [-0.1, -0.05) is 18.2 Å². The van der Waals surface area contributed by atoms with E-state index in [1.165, 1.54) is 5.69 Å². The molecule has 2 aromatic rings. The average Bonchev–Trinajstić information content (AvgIpc) is 2.95. The molecule has 1 aromatic carbocycles. The molecule has 6 nitrogen and oxygen atoms in total. The van der Waals surface area contributed by atoms with Gasteiger partial charge < -0.3 is 19.3 Å². The van der Waals surface area contributed by atoms with Gasteiger partial charge in [0.2, 0.25) is 0 Å². The fraction of sp³-hybridized carbons (Fsp3) is 0.440. The molecule has 3 heterocycles. The predicted octanol–water partition coefficient (Wildman–Crippen LogP) is 4.06. The van der Waals surface area contributed by atoms with Crippen LogP contribution in [0.25, 0.3) is 0 Å². The molecule has 0 spiro atoms. The quantitative estimate of drug-likeness (QED) is 0.602. The number of ether oxygens (including phenoxy) is 2. The number of amides is 1. The van der Waals surface area contributed by atoms with Gasteiger partial charge in [-0.25, -0.2) is 0 Å². The fourth-order valence-corrected chi connectivity index (χ4v) is 4.40. The molecule has 1 fully saturated rings. The molecule has 31 heavy (non-hydrogen) atoms. The molecule has 1 amide bonds. The number of rotatable bonds is 8. The predicted molar refractivity (Wildman–Crippen MR) is 120 cm³/mol. The first kappa shape index (κ1) is 21.5. The zero-order chi connectivity index (χ0) is 21.5. The summed E-state index contributed by atoms with van der Waals surface area (Å²) >= 11 is 0. The summed E-state index contributed by atoms with van der Waals surface area (Å²) in [6, 6.07) is 13.6. The Morgan fingerprint density at radius 3 is 2.61 bits per heavy atom. The molecule has 164 valence electrons. The van der Waals surface area contributed by atoms with Gasteiger partial charge in [-0.3, -0.25) is 9.78 Å². The molecule has 4 rings (SSSR count). The Morgan fingerprint density at radius 1 is 1.06 bits per heavy atom. The van der Waals surface area contributed by atoms with Gasteiger partial charge in [0.15, 0.2) is 0 Å². The molecule has 0 radical (unpaired) electrons. The second-order valence-electron chi connectivity index (χ2n) is 8.19. The van der Waals surface area contributed by atoms with Crippen LogP contribution < -0.4 is 4.74 Å². The van der Waals surface area contributed by atoms with Crippen molar-refractivity contribution in [2.75, 3.05) is 39.9 Å². The minimum Gasteiger partial charge on any atom is -0.462 e. The first-order valence-corrected chi connectivity index (χ1v) is 11.1. The highest BCUT2D eigenvalue weighted by Crippen LogP contribution is 2.28. The van der Waals surface area contributed by atoms with E-state index in [4.69, 9.17) is 9.47 Å². The first-order chi connectivity index (χ1) is 15.3. The average molecular weight is 422 g/mol. The molecule has 2 aliphatic heterocycles. The lowest BCUT2D eigenvalue weighted by Gasteiger charge is -2.32. The number of fused-ring (bicyclic) bond motifs is 1. The summed E-state index contributed by atoms with van der Waals surface area (Å²) in [6.07, 6.45) is 7.86. The maximum absolute atomic E-state index is 13.1. The molecule has 0 bridgehead atoms. The third-order valence-corrected chi connectivity index (χ3v) is 6.12. The lowest BCUT2D eigenvalue weighted by atomic mass is 9.93. The Morgan fingerprint density at radius 2 is 1.84 bits per heavy atom. The summed E-state index contributed by atoms with van der Waals surface area (Å²) in [7, 11) is 1.64. The van der Waals surface area contributed by atoms with Crippen LogP contribution in [0, 0.1) is 0 Å². The van der Waals surface area contributed by atoms with E-state index in [0.717, 1.165) is 51.0 Å². The lowest BCUT2D eigenvalue weighted by molar-refractivity contribution is 0.0771. The summed E-state index contributed by atoms with van der Waals surface area (Å²) in [4.78, 5) is 22.0. The topological polar surface area (TPSA) is 54.9 Å². The normalized spacial score (nSPS) is 17.6. The van der Waals surface area contributed by atoms with E-state index in [1.54, 1.807) is 13.4 Å². The SMILES string of the molecule is COCC1=COc2ccccc2C(=O)N1CCCCN1CCC(c2ccccn2)CC1. The van der Waals surface area contributed by atoms with Crippen molar-refractivity contribution in [1.82, 2.24) is 14.8 Å². The first-order valence-electron chi connectivity index (χ1n) is 11.1. The summed E-state index contributed by atoms with van der Waals surface area (Å²) in [5.74, 6) is 1.15. The van der Waals surface area contributed by atoms with Gasteiger partial charge in [0, 0.05) is 31.5 Å². The number of hydrogen-bond donors (Lipinski definition) is 0. The van der Waals surface area contributed by atoms with Crippen LogP contribution in [0.1, 0.15) is 47.7 Å². The summed E-state index contributed by atoms with van der Waals surface area (Å²) < 4.78 is 11.1. The maximum Gasteiger partial charge on any atom is 0.261 e. The third kappa shape index (κ3) is 5.32. The summed E-state index contributed by atoms with van der Waals surface area (Å²) in [5.41, 5.74) is 2.59. The molecule has 0 N–H and O–H groups in total. The number of carbonyl (C=O) groups excluding carboxylic acids is 1. The number of pyridine rings is 1. The van der Waals surface area contributed by atoms with Crippen LogP contribution in [0.5, 0.6) is 5.75 Å². The van der Waals surface area contributed by atoms with Crippen molar-refractivity contribution >= 4 is 5.91 Å². The lowest BCUT2D eigenvalue weighted by Crippen LogP contribution is -2.35. The number of hydrogen-bond acceptors (Lipinski definition) is 5. The van der Waals surface area contributed by atoms with Crippen molar-refractivity contribution in [2.45, 2.75) is 31.6 Å². The van der Waals surface area contributed by atoms with Crippen LogP contribution in [-0.4, -0.2) is 60.6 Å². The Balaban J connectivity index is 1.27. The molecule has 0 atom stereocenters. The summed E-state index contributed by atoms with van der Waals surface area (Å²) in [5, 5.41) is 0. The highest BCUT2D eigenvalue weighted by molar-refractivity contribution is 5.98. The second-order valence-corrected chi connectivity index (χ2v) is 8.19. The highest BCUT2D eigenvalue weighted by Gasteiger charge is 2.26. The van der Waals surface area contributed by atoms with Crippen LogP contribution >= 0.6 is 0 Å². The number of benzene rings is 1. The van der Waals surface area contributed by atoms with E-state index in [9.17, 15) is 4.79 Å². The van der Waals surface area contributed by atoms with Gasteiger partial charge >= 0.3 is 0 Å². The number of carbonyl (C=O) groups is 1. The number of unbranched alkanes of at least 4 members (excludes halogenated alkanes) is 1. The van der Waals surface area contributed by atoms with Gasteiger partial charge in [-0.05, 0) is 69.6 Å². The van der Waals surface area contributed by atoms with Gasteiger partial charge in [0.05, 0.1) is 17.9 Å². The Hall–Kier alpha value is -2.70. The van der Waals surface area contributed by atoms with Crippen molar-refractivity contribution in [3.8, 4) is 5.75 Å². The standard InChI is InChI=1S/C25H31N3O3/c1-30-18-21-19-31-24-10-3-2-8-22(24)25(29)28(21)15-7-6-14-27-16-11-20(12-17-27)23-9-4-5-13-26-23/h2-5,8-10,13,19-20H,6-7,11-12,14-18H2,1H3. The third-order valence-electron chi connectivity index (χ3n) is 6.12. The zero-order valence-electron chi connectivity index (χ0n) is 18.2. The van der Waals surface area contributed by atoms with Crippen LogP contribution in [0.3, 0.4) is 0 Å². The van der Waals surface area contributed by atoms with Gasteiger partial charge in [0.25, 0.3) is 5.91 Å². The van der Waals surface area contributed by atoms with Crippen molar-refractivity contribution in [2.24, 2.45) is 0 Å². The minimum absolute atomic E-state index is 0.0208. The van der Waals surface area contributed by atoms with Crippen molar-refractivity contribution in [3.05, 3.63) is 71.9 Å². The van der Waals surface area contributed by atoms with Crippen molar-refractivity contribution < 1.29 is 14.3 Å². The molecular weight excluding hydrogens is 390 g/mol. The monoisotopic (exact) mass is 421 g/mol. The van der Waals surface area contributed by atoms with Crippen molar-refractivity contribution in [1.29, 1.82) is 0 Å². The molecule has 0 aliphatic carbocycles. The van der Waals surface area contributed by atoms with E-state index < -0.39 is 0 Å². The number of methoxy groups -OCH3 is 1. The van der Waals surface area contributed by atoms with E-state index in [1.807, 2.05) is 41.4 Å². The number of likely N-dealkylation sites (tertiary alicyclic amines) is 1. The zero-order valence-corrected chi connectivity index (χ0v) is 18.2. The number of aromatic nitrogens is 1. The Kier molecular flexibility index (Phi) is 7.33. The van der Waals surface area contributed by atoms with E-state index >= 15 is 0 Å². The second kappa shape index (κ2) is 10.6. The molecular formula is C25H31N3O3. The van der Waals surface area contributed by atoms with E-state index in [-0.39, 0.29) is 5.91 Å². The van der Waals surface area contributed by atoms with Crippen molar-refractivity contribution in [3.63, 3.8) is 0 Å². The highest BCUT2D eigenvalue weighted by atomic mass is 16.5. The van der Waals surface area contributed by atoms with Crippen LogP contribution in [0.4, 0.5) is 0 Å². The van der Waals surface area contributed by atoms with Gasteiger partial charge in [-0.15, -0.1) is 0 Å². The molecule has 1 aromatic heterocycles. The van der Waals surface area contributed by atoms with Gasteiger partial charge in [-0.2, -0.15) is 0 Å². The molecule has 6 heteroatoms. The minimum atomic E-state index is -0.0208. The van der Waals surface area contributed by atoms with E-state index in [2.05, 4.69) is 22.0 Å². The molecule has 1 saturated heterocycles. The number of nitrogens with zero attached hydrogens (tertiary/aromatic N) is 3. The summed E-state index contributed by atoms with van der Waals surface area (Å²) in [6.45, 7) is 4.30. The number of piperidine rings is 1. The van der Waals surface area contributed by atoms with Crippen LogP contribution in [0.2, 0.25) is 0 Å². The molecule has 0 saturated carbocycles. The molecule has 2 aliphatic rings. The fourth-order valence-electron chi connectivity index (χ4n) is 4.40. The Bertz CT molecular complexity index is 892. The van der Waals surface area contributed by atoms with Crippen LogP contribution in [-0.2, 0) is 4.74 Å². The van der Waals surface area contributed by atoms with E-state index in [0.29, 0.717) is 30.4 Å².